The third-order valence-electron chi connectivity index (χ3n) is 7.22. The maximum atomic E-state index is 14.1. The fourth-order valence-electron chi connectivity index (χ4n) is 5.11. The second-order valence-corrected chi connectivity index (χ2v) is 10.4. The zero-order valence-electron chi connectivity index (χ0n) is 20.9. The Morgan fingerprint density at radius 1 is 1.11 bits per heavy atom. The maximum Gasteiger partial charge on any atom is 0.254 e. The van der Waals surface area contributed by atoms with Gasteiger partial charge in [0.15, 0.2) is 11.5 Å². The fourth-order valence-corrected chi connectivity index (χ4v) is 5.68. The molecule has 1 aliphatic heterocycles. The van der Waals surface area contributed by atoms with E-state index in [1.165, 1.54) is 20.3 Å². The molecule has 1 heterocycles. The van der Waals surface area contributed by atoms with Crippen LogP contribution in [0.25, 0.3) is 0 Å². The van der Waals surface area contributed by atoms with Crippen molar-refractivity contribution in [1.82, 2.24) is 10.2 Å². The van der Waals surface area contributed by atoms with E-state index in [4.69, 9.17) is 32.7 Å². The molecule has 0 radical (unpaired) electrons. The van der Waals surface area contributed by atoms with Crippen molar-refractivity contribution in [2.24, 2.45) is 11.3 Å². The number of benzene rings is 2. The molecule has 1 fully saturated rings. The van der Waals surface area contributed by atoms with Crippen LogP contribution in [0, 0.1) is 11.3 Å². The van der Waals surface area contributed by atoms with Crippen LogP contribution in [0.5, 0.6) is 11.5 Å². The van der Waals surface area contributed by atoms with Crippen molar-refractivity contribution in [2.75, 3.05) is 27.3 Å². The lowest BCUT2D eigenvalue weighted by Gasteiger charge is -2.47. The van der Waals surface area contributed by atoms with E-state index in [1.54, 1.807) is 53.4 Å². The number of methoxy groups -OCH3 is 2. The van der Waals surface area contributed by atoms with Crippen molar-refractivity contribution in [3.05, 3.63) is 81.6 Å². The summed E-state index contributed by atoms with van der Waals surface area (Å²) in [7, 11) is 3.05. The summed E-state index contributed by atoms with van der Waals surface area (Å²) in [6.45, 7) is 2.74. The molecule has 196 valence electrons. The summed E-state index contributed by atoms with van der Waals surface area (Å²) in [4.78, 5) is 28.4. The molecule has 37 heavy (non-hydrogen) atoms. The Morgan fingerprint density at radius 3 is 2.51 bits per heavy atom. The van der Waals surface area contributed by atoms with Crippen LogP contribution in [-0.4, -0.2) is 50.1 Å². The molecule has 0 aromatic heterocycles. The summed E-state index contributed by atoms with van der Waals surface area (Å²) < 4.78 is 24.8. The number of likely N-dealkylation sites (tertiary alicyclic amines) is 1. The number of halogens is 3. The highest BCUT2D eigenvalue weighted by atomic mass is 35.5. The average molecular weight is 547 g/mol. The molecule has 4 rings (SSSR count). The third kappa shape index (κ3) is 5.63. The van der Waals surface area contributed by atoms with Gasteiger partial charge in [0.2, 0.25) is 0 Å². The van der Waals surface area contributed by atoms with Gasteiger partial charge in [0.05, 0.1) is 29.8 Å². The Hall–Kier alpha value is -3.03. The lowest BCUT2D eigenvalue weighted by atomic mass is 9.67. The maximum absolute atomic E-state index is 14.1. The molecule has 0 saturated carbocycles. The summed E-state index contributed by atoms with van der Waals surface area (Å²) in [5.74, 6) is -0.183. The Bertz CT molecular complexity index is 1260. The standard InChI is InChI=1S/C28H29Cl2FN2O4/c1-28(12-10-22(31)21(30)15-28)19-16-33(27(35)17-8-9-24(36-2)25(14-17)37-3)13-11-23(19)32-26(34)18-6-4-5-7-20(18)29/h4-10,12,14,19,23H,11,13,15-16H2,1-3H3,(H,32,34)/t19-,23+,28?/m1/s1. The Kier molecular flexibility index (Phi) is 8.14. The van der Waals surface area contributed by atoms with E-state index in [-0.39, 0.29) is 35.2 Å². The molecule has 2 amide bonds. The minimum absolute atomic E-state index is 0.129. The topological polar surface area (TPSA) is 67.9 Å². The fraction of sp³-hybridized carbons (Fsp3) is 0.357. The van der Waals surface area contributed by atoms with Crippen molar-refractivity contribution in [3.8, 4) is 11.5 Å². The van der Waals surface area contributed by atoms with Gasteiger partial charge >= 0.3 is 0 Å². The zero-order valence-corrected chi connectivity index (χ0v) is 22.4. The number of carbonyl (C=O) groups is 2. The number of hydrogen-bond donors (Lipinski definition) is 1. The second kappa shape index (κ2) is 11.2. The minimum atomic E-state index is -0.596. The first-order valence-corrected chi connectivity index (χ1v) is 12.7. The molecule has 0 bridgehead atoms. The van der Waals surface area contributed by atoms with Crippen molar-refractivity contribution < 1.29 is 23.5 Å². The first-order chi connectivity index (χ1) is 17.7. The number of hydrogen-bond acceptors (Lipinski definition) is 4. The van der Waals surface area contributed by atoms with Gasteiger partial charge in [0, 0.05) is 30.6 Å². The highest BCUT2D eigenvalue weighted by Gasteiger charge is 2.44. The lowest BCUT2D eigenvalue weighted by molar-refractivity contribution is 0.0457. The molecule has 1 aliphatic carbocycles. The minimum Gasteiger partial charge on any atom is -0.493 e. The summed E-state index contributed by atoms with van der Waals surface area (Å²) in [5.41, 5.74) is 0.241. The predicted octanol–water partition coefficient (Wildman–Crippen LogP) is 6.00. The normalized spacial score (nSPS) is 23.6. The van der Waals surface area contributed by atoms with Crippen LogP contribution in [0.3, 0.4) is 0 Å². The molecule has 1 unspecified atom stereocenters. The highest BCUT2D eigenvalue weighted by Crippen LogP contribution is 2.45. The Balaban J connectivity index is 1.62. The van der Waals surface area contributed by atoms with Gasteiger partial charge in [-0.3, -0.25) is 9.59 Å². The van der Waals surface area contributed by atoms with Gasteiger partial charge in [-0.15, -0.1) is 0 Å². The van der Waals surface area contributed by atoms with Crippen molar-refractivity contribution >= 4 is 35.0 Å². The number of piperidine rings is 1. The van der Waals surface area contributed by atoms with Gasteiger partial charge < -0.3 is 19.7 Å². The van der Waals surface area contributed by atoms with Gasteiger partial charge in [-0.05, 0) is 54.7 Å². The lowest BCUT2D eigenvalue weighted by Crippen LogP contribution is -2.57. The van der Waals surface area contributed by atoms with Gasteiger partial charge in [-0.25, -0.2) is 4.39 Å². The number of allylic oxidation sites excluding steroid dienone is 4. The van der Waals surface area contributed by atoms with E-state index < -0.39 is 11.2 Å². The number of nitrogens with one attached hydrogen (secondary N) is 1. The molecule has 2 aromatic rings. The van der Waals surface area contributed by atoms with E-state index in [1.807, 2.05) is 6.92 Å². The van der Waals surface area contributed by atoms with Gasteiger partial charge in [-0.2, -0.15) is 0 Å². The van der Waals surface area contributed by atoms with Crippen LogP contribution in [0.15, 0.2) is 65.5 Å². The molecule has 1 N–H and O–H groups in total. The second-order valence-electron chi connectivity index (χ2n) is 9.54. The molecule has 6 nitrogen and oxygen atoms in total. The predicted molar refractivity (Wildman–Crippen MR) is 142 cm³/mol. The number of rotatable bonds is 6. The van der Waals surface area contributed by atoms with Crippen molar-refractivity contribution in [2.45, 2.75) is 25.8 Å². The number of nitrogens with zero attached hydrogens (tertiary/aromatic N) is 1. The van der Waals surface area contributed by atoms with Crippen LogP contribution >= 0.6 is 23.2 Å². The molecular formula is C28H29Cl2FN2O4. The van der Waals surface area contributed by atoms with Gasteiger partial charge in [0.25, 0.3) is 11.8 Å². The molecule has 0 spiro atoms. The van der Waals surface area contributed by atoms with Crippen LogP contribution < -0.4 is 14.8 Å². The van der Waals surface area contributed by atoms with E-state index in [9.17, 15) is 14.0 Å². The van der Waals surface area contributed by atoms with Crippen LogP contribution in [-0.2, 0) is 0 Å². The summed E-state index contributed by atoms with van der Waals surface area (Å²) in [5, 5.41) is 3.61. The first-order valence-electron chi connectivity index (χ1n) is 12.0. The molecule has 9 heteroatoms. The number of amides is 2. The number of ether oxygens (including phenoxy) is 2. The van der Waals surface area contributed by atoms with E-state index in [0.717, 1.165) is 0 Å². The highest BCUT2D eigenvalue weighted by molar-refractivity contribution is 6.33. The van der Waals surface area contributed by atoms with E-state index in [0.29, 0.717) is 47.2 Å². The molecule has 2 aliphatic rings. The van der Waals surface area contributed by atoms with E-state index >= 15 is 0 Å². The molecular weight excluding hydrogens is 518 g/mol. The monoisotopic (exact) mass is 546 g/mol. The average Bonchev–Trinajstić information content (AvgIpc) is 2.90. The van der Waals surface area contributed by atoms with Crippen molar-refractivity contribution in [3.63, 3.8) is 0 Å². The summed E-state index contributed by atoms with van der Waals surface area (Å²) >= 11 is 12.5. The summed E-state index contributed by atoms with van der Waals surface area (Å²) in [6, 6.07) is 11.6. The number of carbonyl (C=O) groups excluding carboxylic acids is 2. The van der Waals surface area contributed by atoms with Crippen LogP contribution in [0.1, 0.15) is 40.5 Å². The SMILES string of the molecule is COc1ccc(C(=O)N2CC[C@H](NC(=O)c3ccccc3Cl)[C@H](C3(C)C=CC(F)=C(Cl)C3)C2)cc1OC. The molecule has 1 saturated heterocycles. The summed E-state index contributed by atoms with van der Waals surface area (Å²) in [6.07, 6.45) is 3.93. The van der Waals surface area contributed by atoms with Crippen LogP contribution in [0.2, 0.25) is 5.02 Å². The molecule has 2 aromatic carbocycles. The van der Waals surface area contributed by atoms with Crippen LogP contribution in [0.4, 0.5) is 4.39 Å². The largest absolute Gasteiger partial charge is 0.493 e. The van der Waals surface area contributed by atoms with Gasteiger partial charge in [0.1, 0.15) is 5.83 Å². The first kappa shape index (κ1) is 27.0. The smallest absolute Gasteiger partial charge is 0.254 e. The quantitative estimate of drug-likeness (QED) is 0.482. The van der Waals surface area contributed by atoms with E-state index in [2.05, 4.69) is 5.32 Å². The zero-order chi connectivity index (χ0) is 26.7. The Labute approximate surface area is 226 Å². The molecule has 3 atom stereocenters. The van der Waals surface area contributed by atoms with Crippen molar-refractivity contribution in [1.29, 1.82) is 0 Å². The van der Waals surface area contributed by atoms with Gasteiger partial charge in [-0.1, -0.05) is 48.3 Å². The third-order valence-corrected chi connectivity index (χ3v) is 7.86. The Morgan fingerprint density at radius 2 is 1.84 bits per heavy atom.